The topological polar surface area (TPSA) is 81.8 Å². The third-order valence-electron chi connectivity index (χ3n) is 4.65. The van der Waals surface area contributed by atoms with E-state index in [1.807, 2.05) is 0 Å². The minimum atomic E-state index is -0.553. The maximum Gasteiger partial charge on any atom is 0.277 e. The molecule has 0 radical (unpaired) electrons. The van der Waals surface area contributed by atoms with E-state index in [-0.39, 0.29) is 35.7 Å². The van der Waals surface area contributed by atoms with Crippen LogP contribution in [0, 0.1) is 5.92 Å². The normalized spacial score (nSPS) is 48.2. The summed E-state index contributed by atoms with van der Waals surface area (Å²) in [5.74, 6) is -0.332. The van der Waals surface area contributed by atoms with Gasteiger partial charge in [-0.3, -0.25) is 9.79 Å². The van der Waals surface area contributed by atoms with E-state index in [0.29, 0.717) is 0 Å². The Labute approximate surface area is 115 Å². The fraction of sp³-hybridized carbons (Fsp3) is 0.692. The van der Waals surface area contributed by atoms with Gasteiger partial charge in [0.2, 0.25) is 0 Å². The monoisotopic (exact) mass is 277 g/mol. The van der Waals surface area contributed by atoms with Gasteiger partial charge >= 0.3 is 0 Å². The highest BCUT2D eigenvalue weighted by atomic mass is 16.6. The molecular formula is C13H15N3O4. The zero-order chi connectivity index (χ0) is 13.9. The minimum absolute atomic E-state index is 0.00521. The lowest BCUT2D eigenvalue weighted by molar-refractivity contribution is -0.117. The van der Waals surface area contributed by atoms with Crippen LogP contribution in [0.2, 0.25) is 0 Å². The van der Waals surface area contributed by atoms with Gasteiger partial charge in [0.05, 0.1) is 17.7 Å². The Kier molecular flexibility index (Phi) is 2.48. The SMILES string of the molecule is COC1C2OC(C3C=NC4C(=O)N=CN=C43)CC12OC. The summed E-state index contributed by atoms with van der Waals surface area (Å²) >= 11 is 0. The van der Waals surface area contributed by atoms with Crippen molar-refractivity contribution in [3.63, 3.8) is 0 Å². The van der Waals surface area contributed by atoms with Gasteiger partial charge < -0.3 is 14.2 Å². The minimum Gasteiger partial charge on any atom is -0.375 e. The average molecular weight is 277 g/mol. The number of carbonyl (C=O) groups is 1. The Morgan fingerprint density at radius 2 is 2.30 bits per heavy atom. The molecule has 0 spiro atoms. The second-order valence-corrected chi connectivity index (χ2v) is 5.48. The largest absolute Gasteiger partial charge is 0.375 e. The van der Waals surface area contributed by atoms with E-state index in [0.717, 1.165) is 12.1 Å². The van der Waals surface area contributed by atoms with E-state index in [1.165, 1.54) is 6.34 Å². The third-order valence-corrected chi connectivity index (χ3v) is 4.65. The van der Waals surface area contributed by atoms with E-state index >= 15 is 0 Å². The maximum absolute atomic E-state index is 11.6. The van der Waals surface area contributed by atoms with Crippen molar-refractivity contribution in [3.05, 3.63) is 0 Å². The number of hydrogen-bond acceptors (Lipinski definition) is 6. The predicted molar refractivity (Wildman–Crippen MR) is 70.5 cm³/mol. The van der Waals surface area contributed by atoms with Gasteiger partial charge in [-0.1, -0.05) is 0 Å². The molecule has 6 atom stereocenters. The Balaban J connectivity index is 1.54. The average Bonchev–Trinajstić information content (AvgIpc) is 2.83. The van der Waals surface area contributed by atoms with Gasteiger partial charge in [-0.25, -0.2) is 4.99 Å². The highest BCUT2D eigenvalue weighted by molar-refractivity contribution is 6.22. The highest BCUT2D eigenvalue weighted by Gasteiger charge is 2.74. The molecule has 1 saturated carbocycles. The number of aliphatic imine (C=N–C) groups is 3. The molecule has 3 aliphatic heterocycles. The van der Waals surface area contributed by atoms with Crippen LogP contribution in [0.5, 0.6) is 0 Å². The molecule has 4 rings (SSSR count). The lowest BCUT2D eigenvalue weighted by Crippen LogP contribution is -2.38. The molecule has 7 nitrogen and oxygen atoms in total. The summed E-state index contributed by atoms with van der Waals surface area (Å²) < 4.78 is 17.0. The molecule has 7 heteroatoms. The van der Waals surface area contributed by atoms with Crippen LogP contribution >= 0.6 is 0 Å². The lowest BCUT2D eigenvalue weighted by Gasteiger charge is -2.23. The summed E-state index contributed by atoms with van der Waals surface area (Å²) in [5, 5.41) is 0. The second kappa shape index (κ2) is 4.03. The van der Waals surface area contributed by atoms with Gasteiger partial charge in [0.25, 0.3) is 5.91 Å². The van der Waals surface area contributed by atoms with Gasteiger partial charge in [0, 0.05) is 26.9 Å². The summed E-state index contributed by atoms with van der Waals surface area (Å²) in [7, 11) is 3.34. The molecule has 1 aliphatic carbocycles. The Morgan fingerprint density at radius 1 is 1.45 bits per heavy atom. The van der Waals surface area contributed by atoms with Crippen LogP contribution in [-0.2, 0) is 19.0 Å². The standard InChI is InChI=1S/C13H15N3O4/c1-18-10-11-13(10,19-2)3-7(20-11)6-4-14-9-8(6)15-5-16-12(9)17/h4-7,9-11H,3H2,1-2H3. The molecule has 3 heterocycles. The van der Waals surface area contributed by atoms with E-state index in [4.69, 9.17) is 14.2 Å². The van der Waals surface area contributed by atoms with Crippen molar-refractivity contribution in [2.24, 2.45) is 20.9 Å². The van der Waals surface area contributed by atoms with E-state index in [2.05, 4.69) is 15.0 Å². The van der Waals surface area contributed by atoms with Crippen LogP contribution in [-0.4, -0.2) is 68.3 Å². The van der Waals surface area contributed by atoms with Crippen LogP contribution in [0.1, 0.15) is 6.42 Å². The zero-order valence-electron chi connectivity index (χ0n) is 11.2. The molecule has 20 heavy (non-hydrogen) atoms. The molecule has 6 unspecified atom stereocenters. The summed E-state index contributed by atoms with van der Waals surface area (Å²) in [6.07, 6.45) is 3.67. The number of fused-ring (bicyclic) bond motifs is 2. The van der Waals surface area contributed by atoms with Crippen molar-refractivity contribution in [3.8, 4) is 0 Å². The van der Waals surface area contributed by atoms with E-state index in [1.54, 1.807) is 20.4 Å². The second-order valence-electron chi connectivity index (χ2n) is 5.48. The molecule has 0 aromatic carbocycles. The number of carbonyl (C=O) groups excluding carboxylic acids is 1. The molecule has 0 N–H and O–H groups in total. The summed E-state index contributed by atoms with van der Waals surface area (Å²) in [5.41, 5.74) is 0.384. The van der Waals surface area contributed by atoms with Gasteiger partial charge in [0.15, 0.2) is 6.04 Å². The number of nitrogens with zero attached hydrogens (tertiary/aromatic N) is 3. The third kappa shape index (κ3) is 1.40. The van der Waals surface area contributed by atoms with Gasteiger partial charge in [-0.2, -0.15) is 4.99 Å². The van der Waals surface area contributed by atoms with Crippen molar-refractivity contribution in [2.75, 3.05) is 14.2 Å². The molecule has 0 bridgehead atoms. The first-order chi connectivity index (χ1) is 9.71. The van der Waals surface area contributed by atoms with E-state index < -0.39 is 6.04 Å². The van der Waals surface area contributed by atoms with Crippen molar-refractivity contribution < 1.29 is 19.0 Å². The van der Waals surface area contributed by atoms with Gasteiger partial charge in [0.1, 0.15) is 24.1 Å². The first-order valence-corrected chi connectivity index (χ1v) is 6.62. The number of rotatable bonds is 3. The number of methoxy groups -OCH3 is 2. The number of ether oxygens (including phenoxy) is 3. The predicted octanol–water partition coefficient (Wildman–Crippen LogP) is -0.364. The summed E-state index contributed by atoms with van der Waals surface area (Å²) in [6.45, 7) is 0. The molecular weight excluding hydrogens is 262 g/mol. The fourth-order valence-electron chi connectivity index (χ4n) is 3.54. The number of amides is 1. The summed E-state index contributed by atoms with van der Waals surface area (Å²) in [4.78, 5) is 23.8. The maximum atomic E-state index is 11.6. The summed E-state index contributed by atoms with van der Waals surface area (Å²) in [6, 6.07) is -0.553. The van der Waals surface area contributed by atoms with Crippen molar-refractivity contribution in [1.82, 2.24) is 0 Å². The van der Waals surface area contributed by atoms with Crippen LogP contribution in [0.15, 0.2) is 15.0 Å². The molecule has 0 aromatic heterocycles. The van der Waals surface area contributed by atoms with E-state index in [9.17, 15) is 4.79 Å². The lowest BCUT2D eigenvalue weighted by atomic mass is 9.92. The number of hydrogen-bond donors (Lipinski definition) is 0. The smallest absolute Gasteiger partial charge is 0.277 e. The van der Waals surface area contributed by atoms with Crippen LogP contribution in [0.25, 0.3) is 0 Å². The van der Waals surface area contributed by atoms with Gasteiger partial charge in [-0.05, 0) is 0 Å². The van der Waals surface area contributed by atoms with Gasteiger partial charge in [-0.15, -0.1) is 0 Å². The first kappa shape index (κ1) is 12.3. The molecule has 4 aliphatic rings. The molecule has 2 fully saturated rings. The van der Waals surface area contributed by atoms with Crippen LogP contribution < -0.4 is 0 Å². The fourth-order valence-corrected chi connectivity index (χ4v) is 3.54. The Bertz CT molecular complexity index is 558. The molecule has 0 aromatic rings. The van der Waals surface area contributed by atoms with Crippen molar-refractivity contribution >= 4 is 24.2 Å². The van der Waals surface area contributed by atoms with Crippen molar-refractivity contribution in [2.45, 2.75) is 36.4 Å². The highest BCUT2D eigenvalue weighted by Crippen LogP contribution is 2.55. The molecule has 1 saturated heterocycles. The zero-order valence-corrected chi connectivity index (χ0v) is 11.2. The molecule has 1 amide bonds. The quantitative estimate of drug-likeness (QED) is 0.705. The first-order valence-electron chi connectivity index (χ1n) is 6.62. The Morgan fingerprint density at radius 3 is 3.00 bits per heavy atom. The van der Waals surface area contributed by atoms with Crippen molar-refractivity contribution in [1.29, 1.82) is 0 Å². The Hall–Kier alpha value is -1.44. The van der Waals surface area contributed by atoms with Crippen LogP contribution in [0.4, 0.5) is 0 Å². The van der Waals surface area contributed by atoms with Crippen LogP contribution in [0.3, 0.4) is 0 Å². The molecule has 106 valence electrons.